The molecular formula is C15H18N2O. The number of rotatable bonds is 2. The van der Waals surface area contributed by atoms with Crippen LogP contribution in [0.25, 0.3) is 11.0 Å². The maximum atomic E-state index is 5.89. The Morgan fingerprint density at radius 1 is 1.17 bits per heavy atom. The van der Waals surface area contributed by atoms with E-state index in [2.05, 4.69) is 28.4 Å². The van der Waals surface area contributed by atoms with E-state index in [0.29, 0.717) is 0 Å². The largest absolute Gasteiger partial charge is 0.460 e. The van der Waals surface area contributed by atoms with Gasteiger partial charge in [0.15, 0.2) is 0 Å². The average molecular weight is 242 g/mol. The second kappa shape index (κ2) is 4.11. The van der Waals surface area contributed by atoms with Crippen LogP contribution in [0.4, 0.5) is 0 Å². The van der Waals surface area contributed by atoms with Crippen molar-refractivity contribution in [2.24, 2.45) is 11.8 Å². The summed E-state index contributed by atoms with van der Waals surface area (Å²) in [6, 6.07) is 10.4. The fourth-order valence-electron chi connectivity index (χ4n) is 3.42. The molecule has 0 bridgehead atoms. The highest BCUT2D eigenvalue weighted by Crippen LogP contribution is 2.28. The highest BCUT2D eigenvalue weighted by Gasteiger charge is 2.36. The van der Waals surface area contributed by atoms with Gasteiger partial charge in [-0.3, -0.25) is 4.90 Å². The molecule has 4 rings (SSSR count). The molecule has 18 heavy (non-hydrogen) atoms. The van der Waals surface area contributed by atoms with E-state index >= 15 is 0 Å². The Bertz CT molecular complexity index is 517. The van der Waals surface area contributed by atoms with Crippen LogP contribution in [0.3, 0.4) is 0 Å². The minimum atomic E-state index is 0.856. The first-order valence-corrected chi connectivity index (χ1v) is 6.79. The van der Waals surface area contributed by atoms with Gasteiger partial charge in [0.05, 0.1) is 6.54 Å². The van der Waals surface area contributed by atoms with Crippen LogP contribution in [0.1, 0.15) is 5.76 Å². The fraction of sp³-hybridized carbons (Fsp3) is 0.467. The minimum absolute atomic E-state index is 0.856. The molecule has 1 aromatic heterocycles. The first-order valence-electron chi connectivity index (χ1n) is 6.79. The molecule has 0 amide bonds. The summed E-state index contributed by atoms with van der Waals surface area (Å²) in [5.74, 6) is 2.81. The van der Waals surface area contributed by atoms with E-state index < -0.39 is 0 Å². The summed E-state index contributed by atoms with van der Waals surface area (Å²) in [5, 5.41) is 4.70. The Morgan fingerprint density at radius 2 is 1.94 bits per heavy atom. The molecular weight excluding hydrogens is 224 g/mol. The second-order valence-corrected chi connectivity index (χ2v) is 5.62. The van der Waals surface area contributed by atoms with E-state index in [9.17, 15) is 0 Å². The van der Waals surface area contributed by atoms with E-state index in [1.54, 1.807) is 0 Å². The third-order valence-corrected chi connectivity index (χ3v) is 4.32. The van der Waals surface area contributed by atoms with Gasteiger partial charge in [0.25, 0.3) is 0 Å². The van der Waals surface area contributed by atoms with Gasteiger partial charge in [0.2, 0.25) is 0 Å². The molecule has 2 unspecified atom stereocenters. The van der Waals surface area contributed by atoms with E-state index in [4.69, 9.17) is 4.42 Å². The normalized spacial score (nSPS) is 28.0. The molecule has 1 N–H and O–H groups in total. The molecule has 0 aliphatic carbocycles. The number of para-hydroxylation sites is 1. The first kappa shape index (κ1) is 10.6. The quantitative estimate of drug-likeness (QED) is 0.874. The second-order valence-electron chi connectivity index (χ2n) is 5.62. The van der Waals surface area contributed by atoms with Crippen LogP contribution in [0, 0.1) is 11.8 Å². The lowest BCUT2D eigenvalue weighted by atomic mass is 10.0. The number of hydrogen-bond acceptors (Lipinski definition) is 3. The third-order valence-electron chi connectivity index (χ3n) is 4.32. The number of furan rings is 1. The zero-order valence-electron chi connectivity index (χ0n) is 10.4. The van der Waals surface area contributed by atoms with E-state index in [1.807, 2.05) is 12.1 Å². The number of likely N-dealkylation sites (tertiary alicyclic amines) is 1. The average Bonchev–Trinajstić information content (AvgIpc) is 3.01. The van der Waals surface area contributed by atoms with Gasteiger partial charge >= 0.3 is 0 Å². The zero-order chi connectivity index (χ0) is 11.9. The number of fused-ring (bicyclic) bond motifs is 2. The summed E-state index contributed by atoms with van der Waals surface area (Å²) < 4.78 is 5.89. The summed E-state index contributed by atoms with van der Waals surface area (Å²) in [6.45, 7) is 5.79. The lowest BCUT2D eigenvalue weighted by Gasteiger charge is -2.14. The lowest BCUT2D eigenvalue weighted by Crippen LogP contribution is -2.25. The molecule has 0 saturated carbocycles. The first-order chi connectivity index (χ1) is 8.88. The molecule has 2 fully saturated rings. The molecule has 2 aliphatic heterocycles. The Kier molecular flexibility index (Phi) is 2.42. The number of nitrogens with one attached hydrogen (secondary N) is 1. The number of nitrogens with zero attached hydrogens (tertiary/aromatic N) is 1. The van der Waals surface area contributed by atoms with Gasteiger partial charge in [-0.05, 0) is 37.1 Å². The van der Waals surface area contributed by atoms with Gasteiger partial charge in [-0.1, -0.05) is 18.2 Å². The van der Waals surface area contributed by atoms with Gasteiger partial charge < -0.3 is 9.73 Å². The zero-order valence-corrected chi connectivity index (χ0v) is 10.4. The van der Waals surface area contributed by atoms with Crippen molar-refractivity contribution in [1.29, 1.82) is 0 Å². The molecule has 3 heteroatoms. The summed E-state index contributed by atoms with van der Waals surface area (Å²) in [5.41, 5.74) is 1.01. The van der Waals surface area contributed by atoms with Crippen LogP contribution < -0.4 is 5.32 Å². The van der Waals surface area contributed by atoms with Crippen molar-refractivity contribution in [1.82, 2.24) is 10.2 Å². The molecule has 2 saturated heterocycles. The molecule has 1 aromatic carbocycles. The molecule has 2 aromatic rings. The Hall–Kier alpha value is -1.32. The molecule has 3 nitrogen and oxygen atoms in total. The minimum Gasteiger partial charge on any atom is -0.460 e. The predicted molar refractivity (Wildman–Crippen MR) is 71.3 cm³/mol. The SMILES string of the molecule is c1ccc2oc(CN3CC4CNCC4C3)cc2c1. The number of hydrogen-bond donors (Lipinski definition) is 1. The maximum Gasteiger partial charge on any atom is 0.134 e. The highest BCUT2D eigenvalue weighted by molar-refractivity contribution is 5.77. The third kappa shape index (κ3) is 1.74. The smallest absolute Gasteiger partial charge is 0.134 e. The van der Waals surface area contributed by atoms with Crippen LogP contribution in [-0.4, -0.2) is 31.1 Å². The highest BCUT2D eigenvalue weighted by atomic mass is 16.3. The van der Waals surface area contributed by atoms with Crippen molar-refractivity contribution < 1.29 is 4.42 Å². The lowest BCUT2D eigenvalue weighted by molar-refractivity contribution is 0.281. The topological polar surface area (TPSA) is 28.4 Å². The van der Waals surface area contributed by atoms with Gasteiger partial charge in [0.1, 0.15) is 11.3 Å². The number of benzene rings is 1. The van der Waals surface area contributed by atoms with E-state index in [0.717, 1.165) is 29.7 Å². The molecule has 0 spiro atoms. The summed E-state index contributed by atoms with van der Waals surface area (Å²) >= 11 is 0. The molecule has 0 radical (unpaired) electrons. The van der Waals surface area contributed by atoms with E-state index in [-0.39, 0.29) is 0 Å². The van der Waals surface area contributed by atoms with Crippen molar-refractivity contribution in [3.8, 4) is 0 Å². The van der Waals surface area contributed by atoms with Crippen molar-refractivity contribution in [3.05, 3.63) is 36.1 Å². The predicted octanol–water partition coefficient (Wildman–Crippen LogP) is 2.08. The summed E-state index contributed by atoms with van der Waals surface area (Å²) in [6.07, 6.45) is 0. The van der Waals surface area contributed by atoms with Gasteiger partial charge in [-0.15, -0.1) is 0 Å². The Labute approximate surface area is 107 Å². The summed E-state index contributed by atoms with van der Waals surface area (Å²) in [4.78, 5) is 2.54. The molecule has 3 heterocycles. The fourth-order valence-corrected chi connectivity index (χ4v) is 3.42. The molecule has 94 valence electrons. The van der Waals surface area contributed by atoms with Crippen LogP contribution in [0.15, 0.2) is 34.7 Å². The van der Waals surface area contributed by atoms with Crippen LogP contribution in [-0.2, 0) is 6.54 Å². The van der Waals surface area contributed by atoms with Gasteiger partial charge in [-0.25, -0.2) is 0 Å². The van der Waals surface area contributed by atoms with E-state index in [1.165, 1.54) is 31.6 Å². The van der Waals surface area contributed by atoms with Crippen LogP contribution in [0.2, 0.25) is 0 Å². The maximum absolute atomic E-state index is 5.89. The van der Waals surface area contributed by atoms with Gasteiger partial charge in [0, 0.05) is 18.5 Å². The summed E-state index contributed by atoms with van der Waals surface area (Å²) in [7, 11) is 0. The Morgan fingerprint density at radius 3 is 2.72 bits per heavy atom. The molecule has 2 atom stereocenters. The van der Waals surface area contributed by atoms with Gasteiger partial charge in [-0.2, -0.15) is 0 Å². The van der Waals surface area contributed by atoms with Crippen molar-refractivity contribution in [2.75, 3.05) is 26.2 Å². The van der Waals surface area contributed by atoms with Crippen LogP contribution in [0.5, 0.6) is 0 Å². The monoisotopic (exact) mass is 242 g/mol. The molecule has 2 aliphatic rings. The standard InChI is InChI=1S/C15H18N2O/c1-2-4-15-11(3-1)5-14(18-15)10-17-8-12-6-16-7-13(12)9-17/h1-5,12-13,16H,6-10H2. The Balaban J connectivity index is 1.51. The van der Waals surface area contributed by atoms with Crippen molar-refractivity contribution >= 4 is 11.0 Å². The van der Waals surface area contributed by atoms with Crippen molar-refractivity contribution in [2.45, 2.75) is 6.54 Å². The van der Waals surface area contributed by atoms with Crippen molar-refractivity contribution in [3.63, 3.8) is 0 Å². The van der Waals surface area contributed by atoms with Crippen LogP contribution >= 0.6 is 0 Å².